The molecule has 1 N–H and O–H groups in total. The monoisotopic (exact) mass is 402 g/mol. The summed E-state index contributed by atoms with van der Waals surface area (Å²) in [6.45, 7) is 3.99. The maximum atomic E-state index is 12.8. The van der Waals surface area contributed by atoms with Gasteiger partial charge in [0.15, 0.2) is 11.5 Å². The van der Waals surface area contributed by atoms with Gasteiger partial charge in [-0.25, -0.2) is 0 Å². The largest absolute Gasteiger partial charge is 0.493 e. The predicted octanol–water partition coefficient (Wildman–Crippen LogP) is 2.05. The van der Waals surface area contributed by atoms with Crippen LogP contribution in [0.5, 0.6) is 17.2 Å². The van der Waals surface area contributed by atoms with Gasteiger partial charge in [0.2, 0.25) is 17.6 Å². The van der Waals surface area contributed by atoms with Crippen LogP contribution in [-0.4, -0.2) is 49.5 Å². The number of amides is 2. The Kier molecular flexibility index (Phi) is 5.67. The van der Waals surface area contributed by atoms with E-state index in [1.54, 1.807) is 21.7 Å². The van der Waals surface area contributed by atoms with Gasteiger partial charge in [0.05, 0.1) is 50.0 Å². The van der Waals surface area contributed by atoms with Gasteiger partial charge in [-0.1, -0.05) is 0 Å². The summed E-state index contributed by atoms with van der Waals surface area (Å²) in [6, 6.07) is 3.41. The van der Waals surface area contributed by atoms with Gasteiger partial charge in [-0.15, -0.1) is 0 Å². The van der Waals surface area contributed by atoms with E-state index in [9.17, 15) is 9.59 Å². The zero-order valence-electron chi connectivity index (χ0n) is 17.5. The number of carbonyl (C=O) groups is 2. The fourth-order valence-corrected chi connectivity index (χ4v) is 3.54. The van der Waals surface area contributed by atoms with Crippen LogP contribution in [0.1, 0.15) is 17.8 Å². The van der Waals surface area contributed by atoms with E-state index in [1.807, 2.05) is 20.9 Å². The minimum absolute atomic E-state index is 0.126. The highest BCUT2D eigenvalue weighted by Gasteiger charge is 2.36. The lowest BCUT2D eigenvalue weighted by Crippen LogP contribution is -2.28. The molecule has 0 unspecified atom stereocenters. The van der Waals surface area contributed by atoms with E-state index in [-0.39, 0.29) is 24.8 Å². The summed E-state index contributed by atoms with van der Waals surface area (Å²) < 4.78 is 17.8. The Morgan fingerprint density at radius 3 is 2.24 bits per heavy atom. The molecule has 9 nitrogen and oxygen atoms in total. The average Bonchev–Trinajstić information content (AvgIpc) is 3.21. The standard InChI is InChI=1S/C20H26N4O5/c1-11-18(12(2)23(3)22-11)21-20(26)13-7-17(25)24(10-13)14-8-15(27-4)19(29-6)16(9-14)28-5/h8-9,13H,7,10H2,1-6H3,(H,21,26)/t13-/m0/s1. The predicted molar refractivity (Wildman–Crippen MR) is 108 cm³/mol. The molecule has 0 aliphatic carbocycles. The fraction of sp³-hybridized carbons (Fsp3) is 0.450. The van der Waals surface area contributed by atoms with Crippen LogP contribution in [0.2, 0.25) is 0 Å². The van der Waals surface area contributed by atoms with Gasteiger partial charge in [-0.05, 0) is 13.8 Å². The summed E-state index contributed by atoms with van der Waals surface area (Å²) in [5, 5.41) is 7.23. The topological polar surface area (TPSA) is 94.9 Å². The number of carbonyl (C=O) groups excluding carboxylic acids is 2. The third-order valence-corrected chi connectivity index (χ3v) is 5.21. The van der Waals surface area contributed by atoms with Gasteiger partial charge in [0.25, 0.3) is 0 Å². The molecule has 0 bridgehead atoms. The molecule has 0 radical (unpaired) electrons. The molecule has 2 amide bonds. The number of ether oxygens (including phenoxy) is 3. The molecule has 3 rings (SSSR count). The summed E-state index contributed by atoms with van der Waals surface area (Å²) >= 11 is 0. The highest BCUT2D eigenvalue weighted by atomic mass is 16.5. The summed E-state index contributed by atoms with van der Waals surface area (Å²) in [5.74, 6) is 0.530. The van der Waals surface area contributed by atoms with Crippen LogP contribution in [0.3, 0.4) is 0 Å². The minimum Gasteiger partial charge on any atom is -0.493 e. The highest BCUT2D eigenvalue weighted by molar-refractivity contribution is 6.04. The Morgan fingerprint density at radius 2 is 1.76 bits per heavy atom. The van der Waals surface area contributed by atoms with Gasteiger partial charge < -0.3 is 24.4 Å². The molecule has 0 saturated carbocycles. The Morgan fingerprint density at radius 1 is 1.14 bits per heavy atom. The number of hydrogen-bond donors (Lipinski definition) is 1. The van der Waals surface area contributed by atoms with Crippen molar-refractivity contribution in [3.8, 4) is 17.2 Å². The van der Waals surface area contributed by atoms with Crippen LogP contribution < -0.4 is 24.4 Å². The van der Waals surface area contributed by atoms with E-state index in [4.69, 9.17) is 14.2 Å². The third-order valence-electron chi connectivity index (χ3n) is 5.21. The number of aryl methyl sites for hydroxylation is 2. The molecule has 29 heavy (non-hydrogen) atoms. The SMILES string of the molecule is COc1cc(N2C[C@@H](C(=O)Nc3c(C)nn(C)c3C)CC2=O)cc(OC)c1OC. The number of anilines is 2. The molecule has 156 valence electrons. The van der Waals surface area contributed by atoms with E-state index in [0.29, 0.717) is 28.6 Å². The lowest BCUT2D eigenvalue weighted by molar-refractivity contribution is -0.122. The molecule has 2 aromatic rings. The second-order valence-electron chi connectivity index (χ2n) is 6.95. The normalized spacial score (nSPS) is 16.1. The summed E-state index contributed by atoms with van der Waals surface area (Å²) in [7, 11) is 6.37. The van der Waals surface area contributed by atoms with Gasteiger partial charge in [0, 0.05) is 32.1 Å². The molecule has 1 saturated heterocycles. The van der Waals surface area contributed by atoms with Crippen molar-refractivity contribution in [3.05, 3.63) is 23.5 Å². The summed E-state index contributed by atoms with van der Waals surface area (Å²) in [4.78, 5) is 27.0. The number of nitrogens with one attached hydrogen (secondary N) is 1. The van der Waals surface area contributed by atoms with Crippen LogP contribution in [0.25, 0.3) is 0 Å². The molecular formula is C20H26N4O5. The first kappa shape index (κ1) is 20.5. The smallest absolute Gasteiger partial charge is 0.229 e. The highest BCUT2D eigenvalue weighted by Crippen LogP contribution is 2.42. The maximum absolute atomic E-state index is 12.8. The van der Waals surface area contributed by atoms with Crippen molar-refractivity contribution in [1.29, 1.82) is 0 Å². The molecular weight excluding hydrogens is 376 g/mol. The van der Waals surface area contributed by atoms with Crippen molar-refractivity contribution < 1.29 is 23.8 Å². The van der Waals surface area contributed by atoms with Gasteiger partial charge in [0.1, 0.15) is 0 Å². The van der Waals surface area contributed by atoms with Crippen LogP contribution in [0.4, 0.5) is 11.4 Å². The molecule has 1 atom stereocenters. The lowest BCUT2D eigenvalue weighted by Gasteiger charge is -2.20. The van der Waals surface area contributed by atoms with Crippen molar-refractivity contribution in [2.75, 3.05) is 38.1 Å². The minimum atomic E-state index is -0.472. The quantitative estimate of drug-likeness (QED) is 0.795. The van der Waals surface area contributed by atoms with Crippen LogP contribution in [0, 0.1) is 19.8 Å². The Bertz CT molecular complexity index is 928. The van der Waals surface area contributed by atoms with E-state index in [2.05, 4.69) is 10.4 Å². The fourth-order valence-electron chi connectivity index (χ4n) is 3.54. The van der Waals surface area contributed by atoms with Crippen molar-refractivity contribution in [1.82, 2.24) is 9.78 Å². The summed E-state index contributed by atoms with van der Waals surface area (Å²) in [6.07, 6.45) is 0.126. The van der Waals surface area contributed by atoms with Crippen molar-refractivity contribution in [3.63, 3.8) is 0 Å². The Balaban J connectivity index is 1.82. The van der Waals surface area contributed by atoms with Crippen molar-refractivity contribution >= 4 is 23.2 Å². The van der Waals surface area contributed by atoms with Gasteiger partial charge in [-0.2, -0.15) is 5.10 Å². The number of nitrogens with zero attached hydrogens (tertiary/aromatic N) is 3. The number of benzene rings is 1. The van der Waals surface area contributed by atoms with Crippen LogP contribution in [-0.2, 0) is 16.6 Å². The van der Waals surface area contributed by atoms with E-state index in [1.165, 1.54) is 21.3 Å². The molecule has 1 aliphatic rings. The number of methoxy groups -OCH3 is 3. The van der Waals surface area contributed by atoms with E-state index in [0.717, 1.165) is 11.4 Å². The maximum Gasteiger partial charge on any atom is 0.229 e. The second kappa shape index (κ2) is 8.02. The molecule has 1 fully saturated rings. The van der Waals surface area contributed by atoms with Gasteiger partial charge >= 0.3 is 0 Å². The first-order valence-corrected chi connectivity index (χ1v) is 9.22. The third kappa shape index (κ3) is 3.72. The zero-order chi connectivity index (χ0) is 21.3. The van der Waals surface area contributed by atoms with Crippen LogP contribution in [0.15, 0.2) is 12.1 Å². The van der Waals surface area contributed by atoms with Gasteiger partial charge in [-0.3, -0.25) is 14.3 Å². The summed E-state index contributed by atoms with van der Waals surface area (Å²) in [5.41, 5.74) is 2.88. The zero-order valence-corrected chi connectivity index (χ0v) is 17.5. The second-order valence-corrected chi connectivity index (χ2v) is 6.95. The Hall–Kier alpha value is -3.23. The van der Waals surface area contributed by atoms with Crippen molar-refractivity contribution in [2.45, 2.75) is 20.3 Å². The van der Waals surface area contributed by atoms with E-state index >= 15 is 0 Å². The molecule has 9 heteroatoms. The average molecular weight is 402 g/mol. The number of hydrogen-bond acceptors (Lipinski definition) is 6. The van der Waals surface area contributed by atoms with E-state index < -0.39 is 5.92 Å². The first-order chi connectivity index (χ1) is 13.8. The van der Waals surface area contributed by atoms with Crippen LogP contribution >= 0.6 is 0 Å². The molecule has 1 aromatic carbocycles. The molecule has 0 spiro atoms. The number of aromatic nitrogens is 2. The first-order valence-electron chi connectivity index (χ1n) is 9.22. The lowest BCUT2D eigenvalue weighted by atomic mass is 10.1. The molecule has 1 aromatic heterocycles. The number of rotatable bonds is 6. The molecule has 2 heterocycles. The Labute approximate surface area is 169 Å². The molecule has 1 aliphatic heterocycles. The van der Waals surface area contributed by atoms with Crippen molar-refractivity contribution in [2.24, 2.45) is 13.0 Å².